The standard InChI is InChI=1S/C17H20ClNS/c1-12-4-3-5-15(10-12)17(13(2)19)20-11-14-6-8-16(18)9-7-14/h3-10,13,17H,11,19H2,1-2H3. The lowest BCUT2D eigenvalue weighted by Gasteiger charge is -2.21. The molecule has 2 rings (SSSR count). The average Bonchev–Trinajstić information content (AvgIpc) is 2.41. The highest BCUT2D eigenvalue weighted by Gasteiger charge is 2.16. The minimum atomic E-state index is 0.120. The fraction of sp³-hybridized carbons (Fsp3) is 0.294. The van der Waals surface area contributed by atoms with Crippen LogP contribution in [0.2, 0.25) is 5.02 Å². The van der Waals surface area contributed by atoms with Gasteiger partial charge >= 0.3 is 0 Å². The van der Waals surface area contributed by atoms with Gasteiger partial charge in [0.15, 0.2) is 0 Å². The molecule has 0 heterocycles. The lowest BCUT2D eigenvalue weighted by Crippen LogP contribution is -2.22. The summed E-state index contributed by atoms with van der Waals surface area (Å²) in [4.78, 5) is 0. The molecule has 20 heavy (non-hydrogen) atoms. The van der Waals surface area contributed by atoms with Crippen molar-refractivity contribution in [1.29, 1.82) is 0 Å². The number of aryl methyl sites for hydroxylation is 1. The molecule has 2 atom stereocenters. The van der Waals surface area contributed by atoms with E-state index >= 15 is 0 Å². The fourth-order valence-electron chi connectivity index (χ4n) is 2.17. The van der Waals surface area contributed by atoms with E-state index in [1.54, 1.807) is 0 Å². The molecular formula is C17H20ClNS. The first-order chi connectivity index (χ1) is 9.56. The second-order valence-electron chi connectivity index (χ2n) is 5.13. The Morgan fingerprint density at radius 1 is 1.15 bits per heavy atom. The molecule has 0 saturated carbocycles. The molecule has 0 saturated heterocycles. The Balaban J connectivity index is 2.08. The third-order valence-corrected chi connectivity index (χ3v) is 5.00. The Hall–Kier alpha value is -0.960. The first-order valence-corrected chi connectivity index (χ1v) is 8.17. The fourth-order valence-corrected chi connectivity index (χ4v) is 3.50. The van der Waals surface area contributed by atoms with Crippen LogP contribution in [-0.4, -0.2) is 6.04 Å². The normalized spacial score (nSPS) is 14.0. The van der Waals surface area contributed by atoms with Crippen molar-refractivity contribution in [1.82, 2.24) is 0 Å². The molecule has 2 aromatic carbocycles. The molecule has 0 aliphatic carbocycles. The Morgan fingerprint density at radius 2 is 1.85 bits per heavy atom. The van der Waals surface area contributed by atoms with E-state index in [1.807, 2.05) is 23.9 Å². The van der Waals surface area contributed by atoms with Crippen LogP contribution >= 0.6 is 23.4 Å². The van der Waals surface area contributed by atoms with Gasteiger partial charge in [0.2, 0.25) is 0 Å². The van der Waals surface area contributed by atoms with Gasteiger partial charge in [-0.05, 0) is 37.1 Å². The Bertz CT molecular complexity index is 551. The Morgan fingerprint density at radius 3 is 2.45 bits per heavy atom. The van der Waals surface area contributed by atoms with Crippen LogP contribution in [0.3, 0.4) is 0 Å². The number of hydrogen-bond acceptors (Lipinski definition) is 2. The second kappa shape index (κ2) is 7.16. The summed E-state index contributed by atoms with van der Waals surface area (Å²) in [5.74, 6) is 0.942. The van der Waals surface area contributed by atoms with E-state index in [9.17, 15) is 0 Å². The van der Waals surface area contributed by atoms with Gasteiger partial charge < -0.3 is 5.73 Å². The lowest BCUT2D eigenvalue weighted by molar-refractivity contribution is 0.721. The van der Waals surface area contributed by atoms with Crippen LogP contribution < -0.4 is 5.73 Å². The van der Waals surface area contributed by atoms with Crippen molar-refractivity contribution in [3.63, 3.8) is 0 Å². The van der Waals surface area contributed by atoms with Crippen molar-refractivity contribution in [2.75, 3.05) is 0 Å². The van der Waals surface area contributed by atoms with E-state index in [2.05, 4.69) is 50.2 Å². The monoisotopic (exact) mass is 305 g/mol. The number of thioether (sulfide) groups is 1. The first-order valence-electron chi connectivity index (χ1n) is 6.74. The van der Waals surface area contributed by atoms with Gasteiger partial charge in [0, 0.05) is 22.1 Å². The number of halogens is 1. The van der Waals surface area contributed by atoms with E-state index in [0.29, 0.717) is 5.25 Å². The summed E-state index contributed by atoms with van der Waals surface area (Å²) in [6.07, 6.45) is 0. The minimum Gasteiger partial charge on any atom is -0.327 e. The van der Waals surface area contributed by atoms with E-state index in [1.165, 1.54) is 16.7 Å². The molecule has 2 aromatic rings. The molecule has 0 spiro atoms. The van der Waals surface area contributed by atoms with Gasteiger partial charge in [-0.3, -0.25) is 0 Å². The van der Waals surface area contributed by atoms with Crippen LogP contribution in [0, 0.1) is 6.92 Å². The van der Waals surface area contributed by atoms with Crippen molar-refractivity contribution in [2.45, 2.75) is 30.9 Å². The minimum absolute atomic E-state index is 0.120. The molecule has 0 bridgehead atoms. The summed E-state index contributed by atoms with van der Waals surface area (Å²) in [6.45, 7) is 4.19. The van der Waals surface area contributed by atoms with E-state index in [0.717, 1.165) is 10.8 Å². The van der Waals surface area contributed by atoms with Crippen molar-refractivity contribution in [3.8, 4) is 0 Å². The van der Waals surface area contributed by atoms with Crippen LogP contribution in [0.25, 0.3) is 0 Å². The van der Waals surface area contributed by atoms with Crippen LogP contribution in [-0.2, 0) is 5.75 Å². The quantitative estimate of drug-likeness (QED) is 0.844. The molecule has 0 radical (unpaired) electrons. The topological polar surface area (TPSA) is 26.0 Å². The van der Waals surface area contributed by atoms with Gasteiger partial charge in [-0.1, -0.05) is 53.6 Å². The second-order valence-corrected chi connectivity index (χ2v) is 6.70. The molecule has 106 valence electrons. The summed E-state index contributed by atoms with van der Waals surface area (Å²) in [7, 11) is 0. The zero-order chi connectivity index (χ0) is 14.5. The predicted molar refractivity (Wildman–Crippen MR) is 90.3 cm³/mol. The number of nitrogens with two attached hydrogens (primary N) is 1. The Kier molecular flexibility index (Phi) is 5.53. The zero-order valence-corrected chi connectivity index (χ0v) is 13.4. The van der Waals surface area contributed by atoms with Gasteiger partial charge in [-0.2, -0.15) is 0 Å². The number of benzene rings is 2. The zero-order valence-electron chi connectivity index (χ0n) is 11.8. The van der Waals surface area contributed by atoms with E-state index in [4.69, 9.17) is 17.3 Å². The predicted octanol–water partition coefficient (Wildman–Crippen LogP) is 4.97. The molecule has 1 nitrogen and oxygen atoms in total. The number of rotatable bonds is 5. The Labute approximate surface area is 130 Å². The summed E-state index contributed by atoms with van der Waals surface area (Å²) in [5.41, 5.74) is 10.0. The van der Waals surface area contributed by atoms with Crippen molar-refractivity contribution >= 4 is 23.4 Å². The molecule has 2 unspecified atom stereocenters. The third-order valence-electron chi connectivity index (χ3n) is 3.19. The summed E-state index contributed by atoms with van der Waals surface area (Å²) < 4.78 is 0. The van der Waals surface area contributed by atoms with Gasteiger partial charge in [0.1, 0.15) is 0 Å². The summed E-state index contributed by atoms with van der Waals surface area (Å²) in [6, 6.07) is 16.7. The lowest BCUT2D eigenvalue weighted by atomic mass is 10.0. The molecule has 0 aromatic heterocycles. The van der Waals surface area contributed by atoms with Gasteiger partial charge in [-0.15, -0.1) is 11.8 Å². The van der Waals surface area contributed by atoms with Crippen molar-refractivity contribution in [3.05, 3.63) is 70.2 Å². The molecule has 3 heteroatoms. The highest BCUT2D eigenvalue weighted by atomic mass is 35.5. The molecule has 2 N–H and O–H groups in total. The van der Waals surface area contributed by atoms with E-state index in [-0.39, 0.29) is 6.04 Å². The summed E-state index contributed by atoms with van der Waals surface area (Å²) in [5, 5.41) is 1.09. The van der Waals surface area contributed by atoms with Gasteiger partial charge in [0.25, 0.3) is 0 Å². The maximum absolute atomic E-state index is 6.17. The van der Waals surface area contributed by atoms with Gasteiger partial charge in [-0.25, -0.2) is 0 Å². The third kappa shape index (κ3) is 4.27. The van der Waals surface area contributed by atoms with Gasteiger partial charge in [0.05, 0.1) is 0 Å². The number of hydrogen-bond donors (Lipinski definition) is 1. The molecular weight excluding hydrogens is 286 g/mol. The first kappa shape index (κ1) is 15.4. The molecule has 0 aliphatic heterocycles. The maximum atomic E-state index is 6.17. The largest absolute Gasteiger partial charge is 0.327 e. The highest BCUT2D eigenvalue weighted by Crippen LogP contribution is 2.34. The van der Waals surface area contributed by atoms with Crippen LogP contribution in [0.15, 0.2) is 48.5 Å². The highest BCUT2D eigenvalue weighted by molar-refractivity contribution is 7.98. The SMILES string of the molecule is Cc1cccc(C(SCc2ccc(Cl)cc2)C(C)N)c1. The molecule has 0 amide bonds. The van der Waals surface area contributed by atoms with Crippen molar-refractivity contribution < 1.29 is 0 Å². The van der Waals surface area contributed by atoms with Crippen LogP contribution in [0.5, 0.6) is 0 Å². The van der Waals surface area contributed by atoms with E-state index < -0.39 is 0 Å². The van der Waals surface area contributed by atoms with Crippen LogP contribution in [0.1, 0.15) is 28.9 Å². The molecule has 0 fully saturated rings. The average molecular weight is 306 g/mol. The maximum Gasteiger partial charge on any atom is 0.0449 e. The smallest absolute Gasteiger partial charge is 0.0449 e. The summed E-state index contributed by atoms with van der Waals surface area (Å²) >= 11 is 7.79. The van der Waals surface area contributed by atoms with Crippen molar-refractivity contribution in [2.24, 2.45) is 5.73 Å². The van der Waals surface area contributed by atoms with Crippen LogP contribution in [0.4, 0.5) is 0 Å². The molecule has 0 aliphatic rings.